The van der Waals surface area contributed by atoms with E-state index in [1.54, 1.807) is 0 Å². The van der Waals surface area contributed by atoms with Crippen molar-refractivity contribution < 1.29 is 0 Å². The molecule has 0 bridgehead atoms. The minimum absolute atomic E-state index is 0.563. The zero-order valence-electron chi connectivity index (χ0n) is 33.8. The molecule has 2 heterocycles. The summed E-state index contributed by atoms with van der Waals surface area (Å²) in [6, 6.07) is 67.9. The van der Waals surface area contributed by atoms with E-state index in [1.807, 2.05) is 31.3 Å². The van der Waals surface area contributed by atoms with Crippen LogP contribution in [0, 0.1) is 13.8 Å². The molecule has 1 atom stereocenters. The largest absolute Gasteiger partial charge is 0.261 e. The van der Waals surface area contributed by atoms with Gasteiger partial charge in [-0.05, 0) is 116 Å². The first kappa shape index (κ1) is 35.2. The molecule has 0 amide bonds. The lowest BCUT2D eigenvalue weighted by atomic mass is 9.70. The fourth-order valence-electron chi connectivity index (χ4n) is 10.1. The molecule has 12 rings (SSSR count). The van der Waals surface area contributed by atoms with Crippen molar-refractivity contribution in [2.24, 2.45) is 0 Å². The van der Waals surface area contributed by atoms with Crippen molar-refractivity contribution >= 4 is 10.8 Å². The molecule has 4 heteroatoms. The van der Waals surface area contributed by atoms with Crippen LogP contribution in [0.25, 0.3) is 89.4 Å². The Hall–Kier alpha value is -7.82. The number of benzene rings is 8. The molecule has 10 aromatic rings. The van der Waals surface area contributed by atoms with Crippen molar-refractivity contribution in [1.82, 2.24) is 19.9 Å². The van der Waals surface area contributed by atoms with E-state index in [1.165, 1.54) is 61.2 Å². The maximum atomic E-state index is 5.30. The molecular formula is C57H38N4. The third-order valence-corrected chi connectivity index (χ3v) is 12.8. The molecule has 8 aromatic carbocycles. The number of hydrogen-bond donors (Lipinski definition) is 0. The summed E-state index contributed by atoms with van der Waals surface area (Å²) in [6.45, 7) is 4.21. The first-order chi connectivity index (χ1) is 30.0. The van der Waals surface area contributed by atoms with E-state index < -0.39 is 5.41 Å². The average Bonchev–Trinajstić information content (AvgIpc) is 3.78. The Labute approximate surface area is 355 Å². The summed E-state index contributed by atoms with van der Waals surface area (Å²) in [5, 5.41) is 2.25. The van der Waals surface area contributed by atoms with Gasteiger partial charge in [0.1, 0.15) is 0 Å². The smallest absolute Gasteiger partial charge is 0.164 e. The molecule has 2 aliphatic carbocycles. The number of aromatic nitrogens is 4. The summed E-state index contributed by atoms with van der Waals surface area (Å²) in [6.07, 6.45) is 2.00. The van der Waals surface area contributed by atoms with E-state index in [4.69, 9.17) is 15.0 Å². The molecular weight excluding hydrogens is 741 g/mol. The van der Waals surface area contributed by atoms with E-state index in [2.05, 4.69) is 182 Å². The molecule has 0 saturated carbocycles. The minimum atomic E-state index is -0.563. The highest BCUT2D eigenvalue weighted by Gasteiger charge is 2.51. The summed E-state index contributed by atoms with van der Waals surface area (Å²) >= 11 is 0. The van der Waals surface area contributed by atoms with Gasteiger partial charge in [-0.2, -0.15) is 0 Å². The molecule has 61 heavy (non-hydrogen) atoms. The maximum Gasteiger partial charge on any atom is 0.164 e. The van der Waals surface area contributed by atoms with Crippen LogP contribution in [0.3, 0.4) is 0 Å². The van der Waals surface area contributed by atoms with Gasteiger partial charge in [-0.3, -0.25) is 4.98 Å². The van der Waals surface area contributed by atoms with E-state index in [0.29, 0.717) is 17.5 Å². The van der Waals surface area contributed by atoms with Crippen LogP contribution in [0.4, 0.5) is 0 Å². The van der Waals surface area contributed by atoms with Crippen LogP contribution in [0.1, 0.15) is 33.5 Å². The lowest BCUT2D eigenvalue weighted by Crippen LogP contribution is -2.26. The number of rotatable bonds is 5. The first-order valence-electron chi connectivity index (χ1n) is 20.9. The van der Waals surface area contributed by atoms with Gasteiger partial charge in [0.2, 0.25) is 0 Å². The summed E-state index contributed by atoms with van der Waals surface area (Å²) in [5.74, 6) is 1.94. The van der Waals surface area contributed by atoms with Gasteiger partial charge in [0.15, 0.2) is 17.5 Å². The highest BCUT2D eigenvalue weighted by molar-refractivity contribution is 5.98. The van der Waals surface area contributed by atoms with Crippen molar-refractivity contribution in [3.8, 4) is 78.7 Å². The Balaban J connectivity index is 1.08. The lowest BCUT2D eigenvalue weighted by molar-refractivity contribution is 0.794. The highest BCUT2D eigenvalue weighted by Crippen LogP contribution is 2.63. The van der Waals surface area contributed by atoms with Crippen LogP contribution in [0.2, 0.25) is 0 Å². The average molecular weight is 779 g/mol. The normalized spacial score (nSPS) is 14.5. The molecule has 286 valence electrons. The number of pyridine rings is 1. The van der Waals surface area contributed by atoms with Gasteiger partial charge in [-0.25, -0.2) is 15.0 Å². The molecule has 0 saturated heterocycles. The first-order valence-corrected chi connectivity index (χ1v) is 20.9. The summed E-state index contributed by atoms with van der Waals surface area (Å²) in [4.78, 5) is 20.3. The predicted molar refractivity (Wildman–Crippen MR) is 248 cm³/mol. The maximum absolute atomic E-state index is 5.30. The number of fused-ring (bicyclic) bond motifs is 11. The van der Waals surface area contributed by atoms with Crippen molar-refractivity contribution in [3.05, 3.63) is 228 Å². The zero-order chi connectivity index (χ0) is 40.7. The molecule has 2 aliphatic rings. The van der Waals surface area contributed by atoms with Gasteiger partial charge in [0.05, 0.1) is 5.41 Å². The van der Waals surface area contributed by atoms with Crippen molar-refractivity contribution in [3.63, 3.8) is 0 Å². The standard InChI is InChI=1S/C57H38N4/c1-35-30-36(2)58-34-49(35)41-19-12-18-39(31-41)40-26-28-46-44-21-8-10-24-50(44)57(52(46)32-40)51-25-11-9-22-45(51)47-29-27-42(33-53(47)57)55-59-54(38-15-4-3-5-16-38)60-56(61-55)48-23-13-17-37-14-6-7-20-43(37)48/h3-34H,1-2H3. The Kier molecular flexibility index (Phi) is 7.85. The predicted octanol–water partition coefficient (Wildman–Crippen LogP) is 13.7. The molecule has 4 nitrogen and oxygen atoms in total. The van der Waals surface area contributed by atoms with Gasteiger partial charge in [0.25, 0.3) is 0 Å². The van der Waals surface area contributed by atoms with Gasteiger partial charge in [0, 0.05) is 34.1 Å². The Morgan fingerprint density at radius 3 is 1.62 bits per heavy atom. The minimum Gasteiger partial charge on any atom is -0.261 e. The Morgan fingerprint density at radius 1 is 0.344 bits per heavy atom. The molecule has 0 aliphatic heterocycles. The monoisotopic (exact) mass is 778 g/mol. The van der Waals surface area contributed by atoms with Crippen LogP contribution in [-0.4, -0.2) is 19.9 Å². The lowest BCUT2D eigenvalue weighted by Gasteiger charge is -2.31. The number of hydrogen-bond acceptors (Lipinski definition) is 4. The fraction of sp³-hybridized carbons (Fsp3) is 0.0526. The topological polar surface area (TPSA) is 51.6 Å². The van der Waals surface area contributed by atoms with Crippen molar-refractivity contribution in [2.45, 2.75) is 19.3 Å². The van der Waals surface area contributed by atoms with Crippen molar-refractivity contribution in [1.29, 1.82) is 0 Å². The van der Waals surface area contributed by atoms with Crippen LogP contribution >= 0.6 is 0 Å². The molecule has 2 aromatic heterocycles. The number of aryl methyl sites for hydroxylation is 2. The second-order valence-electron chi connectivity index (χ2n) is 16.3. The molecule has 1 spiro atoms. The quantitative estimate of drug-likeness (QED) is 0.175. The Bertz CT molecular complexity index is 3390. The summed E-state index contributed by atoms with van der Waals surface area (Å²) in [7, 11) is 0. The van der Waals surface area contributed by atoms with E-state index in [9.17, 15) is 0 Å². The molecule has 1 unspecified atom stereocenters. The fourth-order valence-corrected chi connectivity index (χ4v) is 10.1. The van der Waals surface area contributed by atoms with E-state index in [0.717, 1.165) is 44.3 Å². The van der Waals surface area contributed by atoms with E-state index in [-0.39, 0.29) is 0 Å². The van der Waals surface area contributed by atoms with Gasteiger partial charge < -0.3 is 0 Å². The summed E-state index contributed by atoms with van der Waals surface area (Å²) in [5.41, 5.74) is 19.3. The van der Waals surface area contributed by atoms with Crippen molar-refractivity contribution in [2.75, 3.05) is 0 Å². The SMILES string of the molecule is Cc1cc(C)c(-c2cccc(-c3ccc4c(c3)C3(c5ccccc5-4)c4ccccc4-c4ccc(-c5nc(-c6ccccc6)nc(-c6cccc7ccccc67)n5)cc43)c2)cn1. The van der Waals surface area contributed by atoms with Gasteiger partial charge in [-0.15, -0.1) is 0 Å². The van der Waals surface area contributed by atoms with Crippen LogP contribution < -0.4 is 0 Å². The third-order valence-electron chi connectivity index (χ3n) is 12.8. The molecule has 0 N–H and O–H groups in total. The van der Waals surface area contributed by atoms with Gasteiger partial charge in [-0.1, -0.05) is 164 Å². The van der Waals surface area contributed by atoms with Crippen LogP contribution in [-0.2, 0) is 5.41 Å². The Morgan fingerprint density at radius 2 is 0.869 bits per heavy atom. The second kappa shape index (κ2) is 13.6. The summed E-state index contributed by atoms with van der Waals surface area (Å²) < 4.78 is 0. The van der Waals surface area contributed by atoms with Gasteiger partial charge >= 0.3 is 0 Å². The zero-order valence-corrected chi connectivity index (χ0v) is 33.8. The highest BCUT2D eigenvalue weighted by atomic mass is 15.0. The second-order valence-corrected chi connectivity index (χ2v) is 16.3. The molecule has 0 fully saturated rings. The number of nitrogens with zero attached hydrogens (tertiary/aromatic N) is 4. The van der Waals surface area contributed by atoms with E-state index >= 15 is 0 Å². The molecule has 0 radical (unpaired) electrons. The van der Waals surface area contributed by atoms with Crippen LogP contribution in [0.5, 0.6) is 0 Å². The third kappa shape index (κ3) is 5.39. The van der Waals surface area contributed by atoms with Crippen LogP contribution in [0.15, 0.2) is 194 Å².